The van der Waals surface area contributed by atoms with E-state index in [1.165, 1.54) is 27.6 Å². The minimum Gasteiger partial charge on any atom is -0.335 e. The average molecular weight is 387 g/mol. The molecular formula is C21H26N2O3S. The number of carbonyl (C=O) groups is 1. The first-order valence-electron chi connectivity index (χ1n) is 9.16. The van der Waals surface area contributed by atoms with Gasteiger partial charge in [0, 0.05) is 25.7 Å². The van der Waals surface area contributed by atoms with Gasteiger partial charge in [-0.25, -0.2) is 8.42 Å². The molecule has 0 spiro atoms. The molecule has 1 aliphatic carbocycles. The fourth-order valence-electron chi connectivity index (χ4n) is 3.52. The molecule has 144 valence electrons. The summed E-state index contributed by atoms with van der Waals surface area (Å²) < 4.78 is 26.8. The molecule has 5 nitrogen and oxygen atoms in total. The van der Waals surface area contributed by atoms with Crippen molar-refractivity contribution in [3.8, 4) is 0 Å². The van der Waals surface area contributed by atoms with Crippen molar-refractivity contribution >= 4 is 15.9 Å². The molecule has 1 atom stereocenters. The summed E-state index contributed by atoms with van der Waals surface area (Å²) in [5.74, 6) is -0.166. The standard InChI is InChI=1S/C21H26N2O3S/c1-15(2)23(4)27(25,26)18-10-7-9-17(14-18)21(24)22(3)20-13-12-16-8-5-6-11-19(16)20/h5-11,14-15,20H,12-13H2,1-4H3. The molecular weight excluding hydrogens is 360 g/mol. The Labute approximate surface area is 161 Å². The topological polar surface area (TPSA) is 57.7 Å². The summed E-state index contributed by atoms with van der Waals surface area (Å²) in [5, 5.41) is 0. The molecule has 3 rings (SSSR count). The first-order valence-corrected chi connectivity index (χ1v) is 10.6. The summed E-state index contributed by atoms with van der Waals surface area (Å²) in [7, 11) is -0.285. The van der Waals surface area contributed by atoms with Crippen LogP contribution < -0.4 is 0 Å². The van der Waals surface area contributed by atoms with Crippen LogP contribution >= 0.6 is 0 Å². The molecule has 0 bridgehead atoms. The fourth-order valence-corrected chi connectivity index (χ4v) is 4.93. The molecule has 27 heavy (non-hydrogen) atoms. The Balaban J connectivity index is 1.88. The first kappa shape index (κ1) is 19.6. The van der Waals surface area contributed by atoms with E-state index in [9.17, 15) is 13.2 Å². The number of hydrogen-bond donors (Lipinski definition) is 0. The molecule has 0 fully saturated rings. The van der Waals surface area contributed by atoms with Crippen LogP contribution in [-0.2, 0) is 16.4 Å². The van der Waals surface area contributed by atoms with Gasteiger partial charge in [-0.3, -0.25) is 4.79 Å². The van der Waals surface area contributed by atoms with Gasteiger partial charge in [0.25, 0.3) is 5.91 Å². The van der Waals surface area contributed by atoms with E-state index in [4.69, 9.17) is 0 Å². The number of aryl methyl sites for hydroxylation is 1. The van der Waals surface area contributed by atoms with E-state index in [1.54, 1.807) is 31.1 Å². The summed E-state index contributed by atoms with van der Waals surface area (Å²) in [5.41, 5.74) is 2.84. The second-order valence-electron chi connectivity index (χ2n) is 7.31. The molecule has 2 aromatic carbocycles. The quantitative estimate of drug-likeness (QED) is 0.791. The normalized spacial score (nSPS) is 16.6. The van der Waals surface area contributed by atoms with Crippen LogP contribution in [0.25, 0.3) is 0 Å². The Hall–Kier alpha value is -2.18. The van der Waals surface area contributed by atoms with Gasteiger partial charge in [0.2, 0.25) is 10.0 Å². The van der Waals surface area contributed by atoms with Crippen LogP contribution in [0.1, 0.15) is 47.8 Å². The highest BCUT2D eigenvalue weighted by atomic mass is 32.2. The summed E-state index contributed by atoms with van der Waals surface area (Å²) in [6, 6.07) is 14.4. The highest BCUT2D eigenvalue weighted by Crippen LogP contribution is 2.35. The van der Waals surface area contributed by atoms with Crippen molar-refractivity contribution in [1.29, 1.82) is 0 Å². The van der Waals surface area contributed by atoms with Gasteiger partial charge in [-0.2, -0.15) is 4.31 Å². The third-order valence-electron chi connectivity index (χ3n) is 5.37. The number of sulfonamides is 1. The average Bonchev–Trinajstić information content (AvgIpc) is 3.10. The zero-order valence-electron chi connectivity index (χ0n) is 16.2. The lowest BCUT2D eigenvalue weighted by Gasteiger charge is -2.26. The van der Waals surface area contributed by atoms with E-state index in [2.05, 4.69) is 12.1 Å². The number of hydrogen-bond acceptors (Lipinski definition) is 3. The smallest absolute Gasteiger partial charge is 0.254 e. The Bertz CT molecular complexity index is 953. The van der Waals surface area contributed by atoms with Crippen LogP contribution in [0, 0.1) is 0 Å². The molecule has 1 aliphatic rings. The SMILES string of the molecule is CC(C)N(C)S(=O)(=O)c1cccc(C(=O)N(C)C2CCc3ccccc32)c1. The van der Waals surface area contributed by atoms with E-state index < -0.39 is 10.0 Å². The number of amides is 1. The zero-order valence-corrected chi connectivity index (χ0v) is 17.0. The van der Waals surface area contributed by atoms with E-state index in [0.717, 1.165) is 12.8 Å². The third kappa shape index (κ3) is 3.64. The van der Waals surface area contributed by atoms with Gasteiger partial charge in [-0.15, -0.1) is 0 Å². The monoisotopic (exact) mass is 386 g/mol. The maximum atomic E-state index is 13.0. The molecule has 0 heterocycles. The van der Waals surface area contributed by atoms with Gasteiger partial charge < -0.3 is 4.90 Å². The Morgan fingerprint density at radius 1 is 1.07 bits per heavy atom. The van der Waals surface area contributed by atoms with Crippen LogP contribution in [0.4, 0.5) is 0 Å². The molecule has 1 unspecified atom stereocenters. The van der Waals surface area contributed by atoms with E-state index in [-0.39, 0.29) is 22.9 Å². The lowest BCUT2D eigenvalue weighted by molar-refractivity contribution is 0.0730. The van der Waals surface area contributed by atoms with E-state index >= 15 is 0 Å². The van der Waals surface area contributed by atoms with Crippen molar-refractivity contribution in [1.82, 2.24) is 9.21 Å². The van der Waals surface area contributed by atoms with Crippen molar-refractivity contribution in [2.24, 2.45) is 0 Å². The summed E-state index contributed by atoms with van der Waals surface area (Å²) >= 11 is 0. The van der Waals surface area contributed by atoms with Crippen molar-refractivity contribution in [3.63, 3.8) is 0 Å². The largest absolute Gasteiger partial charge is 0.335 e. The third-order valence-corrected chi connectivity index (χ3v) is 7.40. The highest BCUT2D eigenvalue weighted by Gasteiger charge is 2.30. The number of nitrogens with zero attached hydrogens (tertiary/aromatic N) is 2. The van der Waals surface area contributed by atoms with Crippen LogP contribution in [0.5, 0.6) is 0 Å². The zero-order chi connectivity index (χ0) is 19.8. The summed E-state index contributed by atoms with van der Waals surface area (Å²) in [6.45, 7) is 3.63. The Morgan fingerprint density at radius 2 is 1.78 bits per heavy atom. The Morgan fingerprint density at radius 3 is 2.48 bits per heavy atom. The summed E-state index contributed by atoms with van der Waals surface area (Å²) in [6.07, 6.45) is 1.84. The minimum absolute atomic E-state index is 0.0206. The molecule has 0 saturated heterocycles. The Kier molecular flexibility index (Phi) is 5.40. The van der Waals surface area contributed by atoms with Crippen LogP contribution in [0.3, 0.4) is 0 Å². The van der Waals surface area contributed by atoms with Gasteiger partial charge in [-0.1, -0.05) is 30.3 Å². The highest BCUT2D eigenvalue weighted by molar-refractivity contribution is 7.89. The molecule has 0 aromatic heterocycles. The van der Waals surface area contributed by atoms with Gasteiger partial charge in [0.05, 0.1) is 10.9 Å². The second-order valence-corrected chi connectivity index (χ2v) is 9.31. The fraction of sp³-hybridized carbons (Fsp3) is 0.381. The predicted octanol–water partition coefficient (Wildman–Crippen LogP) is 3.48. The maximum absolute atomic E-state index is 13.0. The first-order chi connectivity index (χ1) is 12.7. The van der Waals surface area contributed by atoms with Crippen molar-refractivity contribution in [2.75, 3.05) is 14.1 Å². The predicted molar refractivity (Wildman–Crippen MR) is 106 cm³/mol. The van der Waals surface area contributed by atoms with Crippen LogP contribution in [-0.4, -0.2) is 43.7 Å². The number of fused-ring (bicyclic) bond motifs is 1. The van der Waals surface area contributed by atoms with Gasteiger partial charge in [0.15, 0.2) is 0 Å². The van der Waals surface area contributed by atoms with Gasteiger partial charge in [0.1, 0.15) is 0 Å². The number of rotatable bonds is 5. The van der Waals surface area contributed by atoms with Gasteiger partial charge in [-0.05, 0) is 56.0 Å². The number of carbonyl (C=O) groups excluding carboxylic acids is 1. The van der Waals surface area contributed by atoms with Gasteiger partial charge >= 0.3 is 0 Å². The molecule has 0 aliphatic heterocycles. The minimum atomic E-state index is -3.63. The molecule has 6 heteroatoms. The molecule has 0 radical (unpaired) electrons. The molecule has 0 N–H and O–H groups in total. The van der Waals surface area contributed by atoms with Crippen molar-refractivity contribution in [2.45, 2.75) is 43.7 Å². The van der Waals surface area contributed by atoms with Crippen molar-refractivity contribution < 1.29 is 13.2 Å². The maximum Gasteiger partial charge on any atom is 0.254 e. The van der Waals surface area contributed by atoms with E-state index in [1.807, 2.05) is 26.0 Å². The van der Waals surface area contributed by atoms with Crippen LogP contribution in [0.2, 0.25) is 0 Å². The second kappa shape index (κ2) is 7.44. The van der Waals surface area contributed by atoms with E-state index in [0.29, 0.717) is 5.56 Å². The van der Waals surface area contributed by atoms with Crippen molar-refractivity contribution in [3.05, 3.63) is 65.2 Å². The molecule has 2 aromatic rings. The lowest BCUT2D eigenvalue weighted by Crippen LogP contribution is -2.33. The number of benzene rings is 2. The molecule has 0 saturated carbocycles. The lowest BCUT2D eigenvalue weighted by atomic mass is 10.1. The summed E-state index contributed by atoms with van der Waals surface area (Å²) in [4.78, 5) is 14.9. The van der Waals surface area contributed by atoms with Crippen LogP contribution in [0.15, 0.2) is 53.4 Å². The molecule has 1 amide bonds.